The summed E-state index contributed by atoms with van der Waals surface area (Å²) in [5, 5.41) is 4.34. The fraction of sp³-hybridized carbons (Fsp3) is 0. The van der Waals surface area contributed by atoms with E-state index in [2.05, 4.69) is 203 Å². The second kappa shape index (κ2) is 21.2. The molecule has 5 heterocycles. The van der Waals surface area contributed by atoms with Gasteiger partial charge in [0, 0.05) is 66.1 Å². The predicted molar refractivity (Wildman–Crippen MR) is 349 cm³/mol. The number of hydrogen-bond acceptors (Lipinski definition) is 7. The average Bonchev–Trinajstić information content (AvgIpc) is 1.58. The van der Waals surface area contributed by atoms with Crippen molar-refractivity contribution in [1.82, 2.24) is 44.0 Å². The second-order valence-electron chi connectivity index (χ2n) is 21.3. The normalized spacial score (nSPS) is 11.5. The molecule has 0 saturated carbocycles. The number of aromatic nitrogens is 9. The van der Waals surface area contributed by atoms with Crippen molar-refractivity contribution in [1.29, 1.82) is 0 Å². The predicted octanol–water partition coefficient (Wildman–Crippen LogP) is 18.6. The summed E-state index contributed by atoms with van der Waals surface area (Å²) >= 11 is 0. The van der Waals surface area contributed by atoms with Gasteiger partial charge in [-0.1, -0.05) is 237 Å². The topological polar surface area (TPSA) is 100 Å². The van der Waals surface area contributed by atoms with Gasteiger partial charge in [0.05, 0.1) is 44.8 Å². The molecule has 16 aromatic rings. The van der Waals surface area contributed by atoms with Crippen LogP contribution in [0.5, 0.6) is 0 Å². The quantitative estimate of drug-likeness (QED) is 0.127. The molecule has 0 spiro atoms. The molecular formula is C77H49N9. The number of hydrogen-bond donors (Lipinski definition) is 0. The fourth-order valence-electron chi connectivity index (χ4n) is 12.0. The highest BCUT2D eigenvalue weighted by molar-refractivity contribution is 6.14. The maximum absolute atomic E-state index is 5.57. The molecule has 0 saturated heterocycles. The van der Waals surface area contributed by atoms with E-state index in [0.717, 1.165) is 122 Å². The summed E-state index contributed by atoms with van der Waals surface area (Å²) in [5.41, 5.74) is 16.7. The Hall–Kier alpha value is -11.8. The lowest BCUT2D eigenvalue weighted by atomic mass is 10.0. The monoisotopic (exact) mass is 1100 g/mol. The Bertz CT molecular complexity index is 5090. The van der Waals surface area contributed by atoms with Crippen molar-refractivity contribution in [2.45, 2.75) is 0 Å². The zero-order chi connectivity index (χ0) is 56.9. The van der Waals surface area contributed by atoms with E-state index in [9.17, 15) is 0 Å². The van der Waals surface area contributed by atoms with Gasteiger partial charge in [0.25, 0.3) is 0 Å². The van der Waals surface area contributed by atoms with Crippen LogP contribution in [0.3, 0.4) is 0 Å². The molecule has 0 radical (unpaired) electrons. The Morgan fingerprint density at radius 1 is 0.198 bits per heavy atom. The summed E-state index contributed by atoms with van der Waals surface area (Å²) in [6.07, 6.45) is 0. The molecule has 0 N–H and O–H groups in total. The summed E-state index contributed by atoms with van der Waals surface area (Å²) in [5.74, 6) is 3.11. The van der Waals surface area contributed by atoms with E-state index in [1.807, 2.05) is 103 Å². The molecule has 0 aliphatic carbocycles. The Morgan fingerprint density at radius 2 is 0.558 bits per heavy atom. The van der Waals surface area contributed by atoms with Gasteiger partial charge in [-0.3, -0.25) is 0 Å². The SMILES string of the molecule is c1ccc(-c2ccc3c(c2)c2ccccc2n3-c2cc(-c3nc(-c4ccccc4)nc(-c4ccccc4)n3)cc(-c3nc(-c4ccccc4)nc(-c4ccccc4)n3)c2-n2c3ccccc3c3cc(-c4cccc(-c5ccccc5)n4)ccc32)cc1. The number of benzene rings is 11. The van der Waals surface area contributed by atoms with Crippen LogP contribution >= 0.6 is 0 Å². The van der Waals surface area contributed by atoms with Crippen LogP contribution in [-0.4, -0.2) is 44.0 Å². The molecule has 5 aromatic heterocycles. The van der Waals surface area contributed by atoms with Crippen molar-refractivity contribution in [2.24, 2.45) is 0 Å². The minimum absolute atomic E-state index is 0.466. The molecule has 0 amide bonds. The highest BCUT2D eigenvalue weighted by Crippen LogP contribution is 2.45. The van der Waals surface area contributed by atoms with Crippen LogP contribution < -0.4 is 0 Å². The zero-order valence-corrected chi connectivity index (χ0v) is 46.3. The van der Waals surface area contributed by atoms with E-state index < -0.39 is 0 Å². The third kappa shape index (κ3) is 8.95. The Balaban J connectivity index is 1.06. The van der Waals surface area contributed by atoms with Gasteiger partial charge in [-0.05, 0) is 71.8 Å². The van der Waals surface area contributed by atoms with Crippen LogP contribution in [0.25, 0.3) is 157 Å². The van der Waals surface area contributed by atoms with Gasteiger partial charge in [0.2, 0.25) is 0 Å². The number of nitrogens with zero attached hydrogens (tertiary/aromatic N) is 9. The molecule has 0 aliphatic rings. The van der Waals surface area contributed by atoms with E-state index in [1.165, 1.54) is 0 Å². The Labute approximate surface area is 495 Å². The number of rotatable bonds is 11. The molecule has 9 nitrogen and oxygen atoms in total. The summed E-state index contributed by atoms with van der Waals surface area (Å²) in [6.45, 7) is 0. The summed E-state index contributed by atoms with van der Waals surface area (Å²) in [6, 6.07) is 103. The first-order valence-corrected chi connectivity index (χ1v) is 28.7. The van der Waals surface area contributed by atoms with Crippen molar-refractivity contribution in [3.05, 3.63) is 297 Å². The van der Waals surface area contributed by atoms with E-state index in [1.54, 1.807) is 0 Å². The van der Waals surface area contributed by atoms with Crippen LogP contribution in [-0.2, 0) is 0 Å². The smallest absolute Gasteiger partial charge is 0.166 e. The Morgan fingerprint density at radius 3 is 1.06 bits per heavy atom. The molecule has 16 rings (SSSR count). The fourth-order valence-corrected chi connectivity index (χ4v) is 12.0. The summed E-state index contributed by atoms with van der Waals surface area (Å²) < 4.78 is 4.81. The highest BCUT2D eigenvalue weighted by atomic mass is 15.1. The molecule has 0 unspecified atom stereocenters. The van der Waals surface area contributed by atoms with Crippen molar-refractivity contribution < 1.29 is 0 Å². The third-order valence-electron chi connectivity index (χ3n) is 16.0. The van der Waals surface area contributed by atoms with Gasteiger partial charge < -0.3 is 9.13 Å². The molecule has 402 valence electrons. The maximum Gasteiger partial charge on any atom is 0.166 e. The summed E-state index contributed by atoms with van der Waals surface area (Å²) in [4.78, 5) is 37.6. The summed E-state index contributed by atoms with van der Waals surface area (Å²) in [7, 11) is 0. The van der Waals surface area contributed by atoms with E-state index in [-0.39, 0.29) is 0 Å². The first-order chi connectivity index (χ1) is 42.6. The van der Waals surface area contributed by atoms with Gasteiger partial charge in [0.1, 0.15) is 0 Å². The zero-order valence-electron chi connectivity index (χ0n) is 46.3. The van der Waals surface area contributed by atoms with Crippen molar-refractivity contribution in [3.63, 3.8) is 0 Å². The molecule has 0 aliphatic heterocycles. The molecule has 11 aromatic carbocycles. The van der Waals surface area contributed by atoms with Gasteiger partial charge >= 0.3 is 0 Å². The van der Waals surface area contributed by atoms with E-state index >= 15 is 0 Å². The minimum atomic E-state index is 0.466. The number of fused-ring (bicyclic) bond motifs is 6. The lowest BCUT2D eigenvalue weighted by Crippen LogP contribution is -2.09. The largest absolute Gasteiger partial charge is 0.307 e. The van der Waals surface area contributed by atoms with Gasteiger partial charge in [-0.15, -0.1) is 0 Å². The first kappa shape index (κ1) is 50.0. The lowest BCUT2D eigenvalue weighted by molar-refractivity contribution is 1.04. The third-order valence-corrected chi connectivity index (χ3v) is 16.0. The van der Waals surface area contributed by atoms with Crippen molar-refractivity contribution in [3.8, 4) is 113 Å². The van der Waals surface area contributed by atoms with Crippen LogP contribution in [0.4, 0.5) is 0 Å². The lowest BCUT2D eigenvalue weighted by Gasteiger charge is -2.22. The molecule has 86 heavy (non-hydrogen) atoms. The average molecular weight is 1100 g/mol. The molecule has 0 atom stereocenters. The molecule has 0 fully saturated rings. The van der Waals surface area contributed by atoms with Crippen LogP contribution in [0, 0.1) is 0 Å². The minimum Gasteiger partial charge on any atom is -0.307 e. The molecule has 0 bridgehead atoms. The second-order valence-corrected chi connectivity index (χ2v) is 21.3. The van der Waals surface area contributed by atoms with Crippen molar-refractivity contribution >= 4 is 43.6 Å². The van der Waals surface area contributed by atoms with Crippen LogP contribution in [0.2, 0.25) is 0 Å². The number of pyridine rings is 1. The highest BCUT2D eigenvalue weighted by Gasteiger charge is 2.28. The van der Waals surface area contributed by atoms with Gasteiger partial charge in [-0.2, -0.15) is 0 Å². The Kier molecular flexibility index (Phi) is 12.3. The van der Waals surface area contributed by atoms with E-state index in [4.69, 9.17) is 34.9 Å². The molecule has 9 heteroatoms. The first-order valence-electron chi connectivity index (χ1n) is 28.7. The van der Waals surface area contributed by atoms with Gasteiger partial charge in [-0.25, -0.2) is 34.9 Å². The van der Waals surface area contributed by atoms with Gasteiger partial charge in [0.15, 0.2) is 34.9 Å². The maximum atomic E-state index is 5.57. The van der Waals surface area contributed by atoms with Crippen LogP contribution in [0.1, 0.15) is 0 Å². The number of para-hydroxylation sites is 2. The van der Waals surface area contributed by atoms with Crippen LogP contribution in [0.15, 0.2) is 297 Å². The molecular weight excluding hydrogens is 1050 g/mol. The standard InChI is InChI=1S/C77H49N9/c1-7-24-50(25-8-1)56-42-44-68-61(46-56)59-36-19-21-40-66(59)85(68)70-49-58(76-81-72(52-28-11-3-12-29-52)79-73(82-76)53-30-13-4-14-31-53)48-63(77-83-74(54-32-15-5-16-33-54)80-75(84-77)55-34-17-6-18-35-55)71(70)86-67-41-22-20-37-60(67)62-47-57(43-45-69(62)86)65-39-23-38-64(78-65)51-26-9-2-10-27-51/h1-49H. The van der Waals surface area contributed by atoms with E-state index in [0.29, 0.717) is 34.9 Å². The van der Waals surface area contributed by atoms with Crippen molar-refractivity contribution in [2.75, 3.05) is 0 Å².